The fraction of sp³-hybridized carbons (Fsp3) is 0.696. The normalized spacial score (nSPS) is 15.0. The van der Waals surface area contributed by atoms with Gasteiger partial charge in [0.05, 0.1) is 56.2 Å². The quantitative estimate of drug-likeness (QED) is 0.426. The third-order valence-corrected chi connectivity index (χ3v) is 5.23. The largest absolute Gasteiger partial charge is 0.383 e. The SMILES string of the molecule is COCC(C)N(C(=O)c1ccc(C(=O)N(C(C)COC)C(C)COC)nc1)C(C)COC. The zero-order chi connectivity index (χ0) is 24.3. The summed E-state index contributed by atoms with van der Waals surface area (Å²) in [6, 6.07) is 2.58. The number of nitrogens with zero attached hydrogens (tertiary/aromatic N) is 3. The molecule has 1 aromatic rings. The molecule has 0 aliphatic carbocycles. The third kappa shape index (κ3) is 7.51. The van der Waals surface area contributed by atoms with E-state index in [4.69, 9.17) is 18.9 Å². The number of amides is 2. The molecule has 0 bridgehead atoms. The van der Waals surface area contributed by atoms with Gasteiger partial charge in [0.25, 0.3) is 11.8 Å². The molecule has 1 rings (SSSR count). The van der Waals surface area contributed by atoms with E-state index in [1.807, 2.05) is 27.7 Å². The molecule has 0 spiro atoms. The Labute approximate surface area is 192 Å². The summed E-state index contributed by atoms with van der Waals surface area (Å²) in [5.41, 5.74) is 0.655. The summed E-state index contributed by atoms with van der Waals surface area (Å²) in [5.74, 6) is -0.432. The molecule has 0 fully saturated rings. The predicted octanol–water partition coefficient (Wildman–Crippen LogP) is 2.11. The second-order valence-corrected chi connectivity index (χ2v) is 8.07. The first-order valence-electron chi connectivity index (χ1n) is 10.8. The number of pyridine rings is 1. The van der Waals surface area contributed by atoms with Crippen LogP contribution in [0.25, 0.3) is 0 Å². The molecule has 0 aromatic carbocycles. The van der Waals surface area contributed by atoms with Crippen LogP contribution >= 0.6 is 0 Å². The van der Waals surface area contributed by atoms with Crippen molar-refractivity contribution in [1.29, 1.82) is 0 Å². The highest BCUT2D eigenvalue weighted by molar-refractivity contribution is 5.96. The minimum Gasteiger partial charge on any atom is -0.383 e. The first kappa shape index (κ1) is 28.0. The summed E-state index contributed by atoms with van der Waals surface area (Å²) < 4.78 is 20.9. The van der Waals surface area contributed by atoms with E-state index in [1.165, 1.54) is 6.20 Å². The molecule has 32 heavy (non-hydrogen) atoms. The van der Waals surface area contributed by atoms with Crippen LogP contribution in [0.1, 0.15) is 48.5 Å². The zero-order valence-electron chi connectivity index (χ0n) is 20.7. The van der Waals surface area contributed by atoms with Crippen molar-refractivity contribution in [3.05, 3.63) is 29.6 Å². The molecule has 9 nitrogen and oxygen atoms in total. The van der Waals surface area contributed by atoms with E-state index >= 15 is 0 Å². The fourth-order valence-corrected chi connectivity index (χ4v) is 3.88. The minimum atomic E-state index is -0.240. The number of ether oxygens (including phenoxy) is 4. The monoisotopic (exact) mass is 453 g/mol. The number of carbonyl (C=O) groups excluding carboxylic acids is 2. The highest BCUT2D eigenvalue weighted by Crippen LogP contribution is 2.16. The minimum absolute atomic E-state index is 0.153. The van der Waals surface area contributed by atoms with Gasteiger partial charge in [0.2, 0.25) is 0 Å². The lowest BCUT2D eigenvalue weighted by Crippen LogP contribution is -2.49. The molecule has 4 unspecified atom stereocenters. The van der Waals surface area contributed by atoms with Gasteiger partial charge in [-0.3, -0.25) is 14.6 Å². The van der Waals surface area contributed by atoms with Crippen molar-refractivity contribution in [3.8, 4) is 0 Å². The van der Waals surface area contributed by atoms with E-state index in [-0.39, 0.29) is 41.7 Å². The Morgan fingerprint density at radius 1 is 0.719 bits per heavy atom. The van der Waals surface area contributed by atoms with Gasteiger partial charge in [-0.2, -0.15) is 0 Å². The van der Waals surface area contributed by atoms with Crippen molar-refractivity contribution in [2.75, 3.05) is 54.9 Å². The predicted molar refractivity (Wildman–Crippen MR) is 122 cm³/mol. The second kappa shape index (κ2) is 14.2. The maximum Gasteiger partial charge on any atom is 0.273 e. The van der Waals surface area contributed by atoms with E-state index < -0.39 is 0 Å². The molecule has 0 aliphatic heterocycles. The number of aromatic nitrogens is 1. The lowest BCUT2D eigenvalue weighted by molar-refractivity contribution is 0.0286. The zero-order valence-corrected chi connectivity index (χ0v) is 20.7. The van der Waals surface area contributed by atoms with Crippen molar-refractivity contribution in [2.24, 2.45) is 0 Å². The van der Waals surface area contributed by atoms with Crippen LogP contribution in [-0.2, 0) is 18.9 Å². The van der Waals surface area contributed by atoms with Gasteiger partial charge < -0.3 is 28.7 Å². The van der Waals surface area contributed by atoms with Crippen LogP contribution in [-0.4, -0.2) is 106 Å². The molecule has 0 N–H and O–H groups in total. The highest BCUT2D eigenvalue weighted by Gasteiger charge is 2.29. The Balaban J connectivity index is 3.14. The second-order valence-electron chi connectivity index (χ2n) is 8.07. The van der Waals surface area contributed by atoms with Gasteiger partial charge in [-0.15, -0.1) is 0 Å². The average molecular weight is 454 g/mol. The molecule has 4 atom stereocenters. The van der Waals surface area contributed by atoms with E-state index in [0.29, 0.717) is 32.0 Å². The Bertz CT molecular complexity index is 616. The molecular weight excluding hydrogens is 414 g/mol. The maximum absolute atomic E-state index is 13.2. The number of methoxy groups -OCH3 is 4. The van der Waals surface area contributed by atoms with E-state index in [1.54, 1.807) is 50.4 Å². The summed E-state index contributed by atoms with van der Waals surface area (Å²) in [4.78, 5) is 34.2. The van der Waals surface area contributed by atoms with Crippen LogP contribution < -0.4 is 0 Å². The van der Waals surface area contributed by atoms with Crippen molar-refractivity contribution < 1.29 is 28.5 Å². The summed E-state index contributed by atoms with van der Waals surface area (Å²) >= 11 is 0. The van der Waals surface area contributed by atoms with Crippen molar-refractivity contribution in [3.63, 3.8) is 0 Å². The van der Waals surface area contributed by atoms with Crippen molar-refractivity contribution in [2.45, 2.75) is 51.9 Å². The van der Waals surface area contributed by atoms with Crippen molar-refractivity contribution >= 4 is 11.8 Å². The van der Waals surface area contributed by atoms with Gasteiger partial charge in [-0.05, 0) is 39.8 Å². The lowest BCUT2D eigenvalue weighted by atomic mass is 10.1. The van der Waals surface area contributed by atoms with Crippen LogP contribution in [0.3, 0.4) is 0 Å². The molecule has 1 heterocycles. The number of rotatable bonds is 14. The van der Waals surface area contributed by atoms with Crippen LogP contribution in [0, 0.1) is 0 Å². The van der Waals surface area contributed by atoms with Crippen LogP contribution in [0.4, 0.5) is 0 Å². The summed E-state index contributed by atoms with van der Waals surface area (Å²) in [7, 11) is 6.39. The Morgan fingerprint density at radius 2 is 1.09 bits per heavy atom. The topological polar surface area (TPSA) is 90.4 Å². The Kier molecular flexibility index (Phi) is 12.4. The van der Waals surface area contributed by atoms with E-state index in [2.05, 4.69) is 4.98 Å². The summed E-state index contributed by atoms with van der Waals surface area (Å²) in [6.07, 6.45) is 1.45. The standard InChI is InChI=1S/C23H39N3O6/c1-16(12-29-5)25(17(2)13-30-6)22(27)20-9-10-21(24-11-20)23(28)26(18(3)14-31-7)19(4)15-32-8/h9-11,16-19H,12-15H2,1-8H3. The van der Waals surface area contributed by atoms with Crippen molar-refractivity contribution in [1.82, 2.24) is 14.8 Å². The third-order valence-electron chi connectivity index (χ3n) is 5.23. The molecule has 0 saturated carbocycles. The fourth-order valence-electron chi connectivity index (χ4n) is 3.88. The number of carbonyl (C=O) groups is 2. The van der Waals surface area contributed by atoms with Gasteiger partial charge in [0.1, 0.15) is 5.69 Å². The smallest absolute Gasteiger partial charge is 0.273 e. The number of hydrogen-bond acceptors (Lipinski definition) is 7. The van der Waals surface area contributed by atoms with Crippen LogP contribution in [0.15, 0.2) is 18.3 Å². The molecule has 1 aromatic heterocycles. The highest BCUT2D eigenvalue weighted by atomic mass is 16.5. The maximum atomic E-state index is 13.2. The summed E-state index contributed by atoms with van der Waals surface area (Å²) in [6.45, 7) is 9.24. The molecular formula is C23H39N3O6. The molecule has 0 radical (unpaired) electrons. The average Bonchev–Trinajstić information content (AvgIpc) is 2.74. The molecule has 0 saturated heterocycles. The van der Waals surface area contributed by atoms with Gasteiger partial charge >= 0.3 is 0 Å². The first-order chi connectivity index (χ1) is 15.2. The lowest BCUT2D eigenvalue weighted by Gasteiger charge is -2.34. The van der Waals surface area contributed by atoms with Gasteiger partial charge in [-0.1, -0.05) is 0 Å². The van der Waals surface area contributed by atoms with Gasteiger partial charge in [-0.25, -0.2) is 0 Å². The molecule has 2 amide bonds. The van der Waals surface area contributed by atoms with E-state index in [9.17, 15) is 9.59 Å². The summed E-state index contributed by atoms with van der Waals surface area (Å²) in [5, 5.41) is 0. The molecule has 182 valence electrons. The molecule has 9 heteroatoms. The number of hydrogen-bond donors (Lipinski definition) is 0. The molecule has 0 aliphatic rings. The van der Waals surface area contributed by atoms with Gasteiger partial charge in [0.15, 0.2) is 0 Å². The van der Waals surface area contributed by atoms with Crippen LogP contribution in [0.2, 0.25) is 0 Å². The Hall–Kier alpha value is -2.07. The van der Waals surface area contributed by atoms with Crippen LogP contribution in [0.5, 0.6) is 0 Å². The van der Waals surface area contributed by atoms with E-state index in [0.717, 1.165) is 0 Å². The first-order valence-corrected chi connectivity index (χ1v) is 10.8. The van der Waals surface area contributed by atoms with Gasteiger partial charge in [0, 0.05) is 34.6 Å². The Morgan fingerprint density at radius 3 is 1.41 bits per heavy atom.